The zero-order valence-electron chi connectivity index (χ0n) is 15.8. The van der Waals surface area contributed by atoms with E-state index in [-0.39, 0.29) is 5.91 Å². The van der Waals surface area contributed by atoms with Crippen LogP contribution in [0.15, 0.2) is 35.5 Å². The average Bonchev–Trinajstić information content (AvgIpc) is 3.48. The second kappa shape index (κ2) is 8.44. The maximum absolute atomic E-state index is 12.4. The van der Waals surface area contributed by atoms with Gasteiger partial charge in [-0.2, -0.15) is 0 Å². The summed E-state index contributed by atoms with van der Waals surface area (Å²) in [7, 11) is 0. The van der Waals surface area contributed by atoms with Gasteiger partial charge in [-0.25, -0.2) is 0 Å². The lowest BCUT2D eigenvalue weighted by atomic mass is 10.1. The number of carbonyl (C=O) groups is 1. The molecular formula is C20H27N5OS. The Morgan fingerprint density at radius 3 is 2.59 bits per heavy atom. The fourth-order valence-corrected chi connectivity index (χ4v) is 4.46. The molecule has 2 aromatic rings. The molecular weight excluding hydrogens is 358 g/mol. The second-order valence-electron chi connectivity index (χ2n) is 7.50. The number of hydrogen-bond acceptors (Lipinski definition) is 5. The van der Waals surface area contributed by atoms with Gasteiger partial charge in [0.1, 0.15) is 5.82 Å². The van der Waals surface area contributed by atoms with Crippen LogP contribution in [0.1, 0.15) is 37.1 Å². The van der Waals surface area contributed by atoms with Gasteiger partial charge in [0, 0.05) is 25.2 Å². The number of carbonyl (C=O) groups excluding carboxylic acids is 1. The number of aryl methyl sites for hydroxylation is 1. The molecule has 0 unspecified atom stereocenters. The SMILES string of the molecule is Cc1nnc(SCC(=O)NC2CCN(C3CC3)CC2)n1Cc1ccccc1. The number of rotatable bonds is 7. The Kier molecular flexibility index (Phi) is 5.78. The highest BCUT2D eigenvalue weighted by Crippen LogP contribution is 2.29. The van der Waals surface area contributed by atoms with E-state index < -0.39 is 0 Å². The topological polar surface area (TPSA) is 63.1 Å². The Balaban J connectivity index is 1.26. The van der Waals surface area contributed by atoms with Crippen LogP contribution in [0.25, 0.3) is 0 Å². The molecule has 4 rings (SSSR count). The van der Waals surface area contributed by atoms with E-state index in [1.165, 1.54) is 30.2 Å². The van der Waals surface area contributed by atoms with Crippen molar-refractivity contribution in [1.82, 2.24) is 25.0 Å². The third-order valence-electron chi connectivity index (χ3n) is 5.38. The number of aromatic nitrogens is 3. The van der Waals surface area contributed by atoms with E-state index >= 15 is 0 Å². The average molecular weight is 386 g/mol. The Morgan fingerprint density at radius 2 is 1.89 bits per heavy atom. The lowest BCUT2D eigenvalue weighted by molar-refractivity contribution is -0.119. The van der Waals surface area contributed by atoms with Gasteiger partial charge < -0.3 is 14.8 Å². The monoisotopic (exact) mass is 385 g/mol. The maximum atomic E-state index is 12.4. The highest BCUT2D eigenvalue weighted by molar-refractivity contribution is 7.99. The van der Waals surface area contributed by atoms with E-state index in [9.17, 15) is 4.79 Å². The lowest BCUT2D eigenvalue weighted by Crippen LogP contribution is -2.45. The molecule has 2 fully saturated rings. The molecule has 1 saturated heterocycles. The first-order valence-electron chi connectivity index (χ1n) is 9.79. The third kappa shape index (κ3) is 4.90. The van der Waals surface area contributed by atoms with Gasteiger partial charge in [0.15, 0.2) is 5.16 Å². The fourth-order valence-electron chi connectivity index (χ4n) is 3.66. The minimum atomic E-state index is 0.0942. The van der Waals surface area contributed by atoms with Crippen molar-refractivity contribution in [1.29, 1.82) is 0 Å². The molecule has 1 saturated carbocycles. The molecule has 7 heteroatoms. The molecule has 6 nitrogen and oxygen atoms in total. The van der Waals surface area contributed by atoms with Gasteiger partial charge in [-0.3, -0.25) is 4.79 Å². The largest absolute Gasteiger partial charge is 0.353 e. The van der Waals surface area contributed by atoms with Crippen molar-refractivity contribution in [3.8, 4) is 0 Å². The van der Waals surface area contributed by atoms with Crippen molar-refractivity contribution >= 4 is 17.7 Å². The molecule has 0 radical (unpaired) electrons. The molecule has 1 aromatic carbocycles. The zero-order chi connectivity index (χ0) is 18.6. The molecule has 1 aromatic heterocycles. The molecule has 1 aliphatic heterocycles. The highest BCUT2D eigenvalue weighted by Gasteiger charge is 2.32. The van der Waals surface area contributed by atoms with E-state index in [4.69, 9.17) is 0 Å². The number of hydrogen-bond donors (Lipinski definition) is 1. The van der Waals surface area contributed by atoms with E-state index in [2.05, 4.69) is 37.1 Å². The van der Waals surface area contributed by atoms with Crippen molar-refractivity contribution in [3.05, 3.63) is 41.7 Å². The number of piperidine rings is 1. The number of thioether (sulfide) groups is 1. The van der Waals surface area contributed by atoms with E-state index in [1.807, 2.05) is 25.1 Å². The molecule has 1 amide bonds. The highest BCUT2D eigenvalue weighted by atomic mass is 32.2. The van der Waals surface area contributed by atoms with Gasteiger partial charge in [-0.05, 0) is 38.2 Å². The minimum absolute atomic E-state index is 0.0942. The Labute approximate surface area is 164 Å². The van der Waals surface area contributed by atoms with Crippen molar-refractivity contribution in [2.75, 3.05) is 18.8 Å². The molecule has 27 heavy (non-hydrogen) atoms. The molecule has 0 atom stereocenters. The summed E-state index contributed by atoms with van der Waals surface area (Å²) in [6.45, 7) is 4.91. The number of benzene rings is 1. The normalized spacial score (nSPS) is 18.6. The first-order valence-corrected chi connectivity index (χ1v) is 10.8. The number of nitrogens with one attached hydrogen (secondary N) is 1. The Bertz CT molecular complexity index is 766. The summed E-state index contributed by atoms with van der Waals surface area (Å²) < 4.78 is 2.07. The van der Waals surface area contributed by atoms with Crippen LogP contribution in [-0.2, 0) is 11.3 Å². The Morgan fingerprint density at radius 1 is 1.15 bits per heavy atom. The van der Waals surface area contributed by atoms with Gasteiger partial charge in [-0.1, -0.05) is 42.1 Å². The summed E-state index contributed by atoms with van der Waals surface area (Å²) in [6.07, 6.45) is 4.85. The maximum Gasteiger partial charge on any atom is 0.230 e. The van der Waals surface area contributed by atoms with Gasteiger partial charge in [0.2, 0.25) is 5.91 Å². The third-order valence-corrected chi connectivity index (χ3v) is 6.34. The van der Waals surface area contributed by atoms with Crippen LogP contribution in [-0.4, -0.2) is 56.5 Å². The molecule has 2 aliphatic rings. The molecule has 0 bridgehead atoms. The zero-order valence-corrected chi connectivity index (χ0v) is 16.6. The predicted octanol–water partition coefficient (Wildman–Crippen LogP) is 2.47. The van der Waals surface area contributed by atoms with E-state index in [0.717, 1.165) is 49.5 Å². The summed E-state index contributed by atoms with van der Waals surface area (Å²) in [6, 6.07) is 11.4. The van der Waals surface area contributed by atoms with Gasteiger partial charge in [-0.15, -0.1) is 10.2 Å². The van der Waals surface area contributed by atoms with E-state index in [1.54, 1.807) is 0 Å². The summed E-state index contributed by atoms with van der Waals surface area (Å²) in [4.78, 5) is 15.0. The summed E-state index contributed by atoms with van der Waals surface area (Å²) >= 11 is 1.47. The fraction of sp³-hybridized carbons (Fsp3) is 0.550. The molecule has 144 valence electrons. The lowest BCUT2D eigenvalue weighted by Gasteiger charge is -2.32. The van der Waals surface area contributed by atoms with Crippen LogP contribution >= 0.6 is 11.8 Å². The van der Waals surface area contributed by atoms with Crippen molar-refractivity contribution in [2.24, 2.45) is 0 Å². The molecule has 0 spiro atoms. The van der Waals surface area contributed by atoms with Crippen molar-refractivity contribution < 1.29 is 4.79 Å². The van der Waals surface area contributed by atoms with Gasteiger partial charge in [0.05, 0.1) is 12.3 Å². The van der Waals surface area contributed by atoms with Crippen LogP contribution in [0.2, 0.25) is 0 Å². The van der Waals surface area contributed by atoms with Crippen LogP contribution in [0.4, 0.5) is 0 Å². The van der Waals surface area contributed by atoms with Crippen molar-refractivity contribution in [2.45, 2.75) is 56.4 Å². The standard InChI is InChI=1S/C20H27N5OS/c1-15-22-23-20(25(15)13-16-5-3-2-4-6-16)27-14-19(26)21-17-9-11-24(12-10-17)18-7-8-18/h2-6,17-18H,7-14H2,1H3,(H,21,26). The number of amides is 1. The number of likely N-dealkylation sites (tertiary alicyclic amines) is 1. The van der Waals surface area contributed by atoms with E-state index in [0.29, 0.717) is 11.8 Å². The first kappa shape index (κ1) is 18.5. The number of nitrogens with zero attached hydrogens (tertiary/aromatic N) is 4. The Hall–Kier alpha value is -1.86. The second-order valence-corrected chi connectivity index (χ2v) is 8.44. The predicted molar refractivity (Wildman–Crippen MR) is 107 cm³/mol. The quantitative estimate of drug-likeness (QED) is 0.742. The minimum Gasteiger partial charge on any atom is -0.353 e. The summed E-state index contributed by atoms with van der Waals surface area (Å²) in [5, 5.41) is 12.5. The smallest absolute Gasteiger partial charge is 0.230 e. The van der Waals surface area contributed by atoms with Crippen LogP contribution < -0.4 is 5.32 Å². The molecule has 1 aliphatic carbocycles. The summed E-state index contributed by atoms with van der Waals surface area (Å²) in [5.74, 6) is 1.35. The molecule has 1 N–H and O–H groups in total. The van der Waals surface area contributed by atoms with Gasteiger partial charge in [0.25, 0.3) is 0 Å². The van der Waals surface area contributed by atoms with Crippen LogP contribution in [0.3, 0.4) is 0 Å². The molecule has 2 heterocycles. The van der Waals surface area contributed by atoms with Crippen molar-refractivity contribution in [3.63, 3.8) is 0 Å². The summed E-state index contributed by atoms with van der Waals surface area (Å²) in [5.41, 5.74) is 1.20. The van der Waals surface area contributed by atoms with Crippen LogP contribution in [0.5, 0.6) is 0 Å². The first-order chi connectivity index (χ1) is 13.2. The van der Waals surface area contributed by atoms with Gasteiger partial charge >= 0.3 is 0 Å². The van der Waals surface area contributed by atoms with Crippen LogP contribution in [0, 0.1) is 6.92 Å².